The number of nitrogens with one attached hydrogen (secondary N) is 1. The summed E-state index contributed by atoms with van der Waals surface area (Å²) in [5.41, 5.74) is 0.989. The van der Waals surface area contributed by atoms with Crippen LogP contribution in [0, 0.1) is 5.92 Å². The zero-order valence-corrected chi connectivity index (χ0v) is 11.7. The van der Waals surface area contributed by atoms with Crippen molar-refractivity contribution in [3.63, 3.8) is 0 Å². The van der Waals surface area contributed by atoms with Gasteiger partial charge in [-0.05, 0) is 24.3 Å². The van der Waals surface area contributed by atoms with E-state index in [2.05, 4.69) is 5.32 Å². The molecular formula is C14H19NO3S. The number of rotatable bonds is 5. The van der Waals surface area contributed by atoms with Crippen molar-refractivity contribution in [2.45, 2.75) is 19.3 Å². The quantitative estimate of drug-likeness (QED) is 0.881. The van der Waals surface area contributed by atoms with Crippen LogP contribution in [-0.4, -0.2) is 32.4 Å². The third-order valence-corrected chi connectivity index (χ3v) is 5.25. The second-order valence-corrected chi connectivity index (χ2v) is 7.30. The third kappa shape index (κ3) is 4.67. The summed E-state index contributed by atoms with van der Waals surface area (Å²) in [5, 5.41) is 2.85. The Morgan fingerprint density at radius 1 is 1.26 bits per heavy atom. The number of benzene rings is 1. The summed E-state index contributed by atoms with van der Waals surface area (Å²) >= 11 is 0. The van der Waals surface area contributed by atoms with E-state index in [1.54, 1.807) is 0 Å². The number of carbonyl (C=O) groups is 1. The summed E-state index contributed by atoms with van der Waals surface area (Å²) < 4.78 is 22.6. The maximum absolute atomic E-state index is 11.7. The third-order valence-electron chi connectivity index (χ3n) is 3.41. The maximum atomic E-state index is 11.7. The fourth-order valence-corrected chi connectivity index (χ4v) is 4.27. The Kier molecular flexibility index (Phi) is 4.58. The number of sulfone groups is 1. The summed E-state index contributed by atoms with van der Waals surface area (Å²) in [6.45, 7) is 0.561. The van der Waals surface area contributed by atoms with E-state index in [0.29, 0.717) is 18.7 Å². The molecule has 1 atom stereocenters. The molecule has 104 valence electrons. The number of carbonyl (C=O) groups excluding carboxylic acids is 1. The summed E-state index contributed by atoms with van der Waals surface area (Å²) in [4.78, 5) is 11.7. The molecule has 5 heteroatoms. The fraction of sp³-hybridized carbons (Fsp3) is 0.500. The largest absolute Gasteiger partial charge is 0.356 e. The molecule has 1 aliphatic rings. The lowest BCUT2D eigenvalue weighted by molar-refractivity contribution is -0.120. The normalized spacial score (nSPS) is 21.2. The molecule has 1 heterocycles. The van der Waals surface area contributed by atoms with E-state index in [4.69, 9.17) is 0 Å². The van der Waals surface area contributed by atoms with Crippen LogP contribution in [0.1, 0.15) is 18.4 Å². The Bertz CT molecular complexity index is 525. The number of hydrogen-bond donors (Lipinski definition) is 1. The first-order valence-electron chi connectivity index (χ1n) is 6.56. The smallest absolute Gasteiger partial charge is 0.224 e. The lowest BCUT2D eigenvalue weighted by Gasteiger charge is -2.09. The minimum absolute atomic E-state index is 0.00736. The molecule has 1 aromatic carbocycles. The molecule has 0 saturated carbocycles. The first-order chi connectivity index (χ1) is 9.05. The summed E-state index contributed by atoms with van der Waals surface area (Å²) in [7, 11) is -2.81. The molecule has 0 aromatic heterocycles. The topological polar surface area (TPSA) is 63.2 Å². The van der Waals surface area contributed by atoms with E-state index < -0.39 is 9.84 Å². The van der Waals surface area contributed by atoms with E-state index in [9.17, 15) is 13.2 Å². The van der Waals surface area contributed by atoms with Crippen molar-refractivity contribution in [2.75, 3.05) is 18.1 Å². The monoisotopic (exact) mass is 281 g/mol. The van der Waals surface area contributed by atoms with Gasteiger partial charge in [0.05, 0.1) is 17.9 Å². The Balaban J connectivity index is 1.67. The zero-order chi connectivity index (χ0) is 13.7. The van der Waals surface area contributed by atoms with Gasteiger partial charge in [0, 0.05) is 6.54 Å². The highest BCUT2D eigenvalue weighted by atomic mass is 32.2. The van der Waals surface area contributed by atoms with Gasteiger partial charge in [0.25, 0.3) is 0 Å². The molecule has 1 saturated heterocycles. The molecule has 1 aliphatic heterocycles. The average molecular weight is 281 g/mol. The summed E-state index contributed by atoms with van der Waals surface area (Å²) in [6, 6.07) is 9.58. The molecular weight excluding hydrogens is 262 g/mol. The van der Waals surface area contributed by atoms with Crippen molar-refractivity contribution in [3.05, 3.63) is 35.9 Å². The van der Waals surface area contributed by atoms with Gasteiger partial charge >= 0.3 is 0 Å². The number of hydrogen-bond acceptors (Lipinski definition) is 3. The van der Waals surface area contributed by atoms with Gasteiger partial charge < -0.3 is 5.32 Å². The van der Waals surface area contributed by atoms with Crippen molar-refractivity contribution in [3.8, 4) is 0 Å². The van der Waals surface area contributed by atoms with Crippen molar-refractivity contribution in [1.82, 2.24) is 5.32 Å². The molecule has 1 unspecified atom stereocenters. The highest BCUT2D eigenvalue weighted by Crippen LogP contribution is 2.20. The summed E-state index contributed by atoms with van der Waals surface area (Å²) in [6.07, 6.45) is 1.86. The van der Waals surface area contributed by atoms with Crippen LogP contribution in [0.3, 0.4) is 0 Å². The summed E-state index contributed by atoms with van der Waals surface area (Å²) in [5.74, 6) is 0.783. The van der Waals surface area contributed by atoms with Gasteiger partial charge in [-0.1, -0.05) is 30.3 Å². The van der Waals surface area contributed by atoms with Crippen molar-refractivity contribution in [2.24, 2.45) is 5.92 Å². The fourth-order valence-electron chi connectivity index (χ4n) is 2.36. The molecule has 1 aromatic rings. The van der Waals surface area contributed by atoms with E-state index in [-0.39, 0.29) is 17.6 Å². The first-order valence-corrected chi connectivity index (χ1v) is 8.38. The highest BCUT2D eigenvalue weighted by molar-refractivity contribution is 7.91. The second-order valence-electron chi connectivity index (χ2n) is 5.07. The molecule has 1 fully saturated rings. The lowest BCUT2D eigenvalue weighted by atomic mass is 10.1. The van der Waals surface area contributed by atoms with Crippen LogP contribution < -0.4 is 5.32 Å². The number of amides is 1. The van der Waals surface area contributed by atoms with Gasteiger partial charge in [-0.15, -0.1) is 0 Å². The van der Waals surface area contributed by atoms with Crippen LogP contribution in [0.2, 0.25) is 0 Å². The Morgan fingerprint density at radius 2 is 2.00 bits per heavy atom. The first kappa shape index (κ1) is 14.1. The van der Waals surface area contributed by atoms with Crippen molar-refractivity contribution < 1.29 is 13.2 Å². The molecule has 4 nitrogen and oxygen atoms in total. The van der Waals surface area contributed by atoms with E-state index in [1.165, 1.54) is 0 Å². The Hall–Kier alpha value is -1.36. The molecule has 0 aliphatic carbocycles. The van der Waals surface area contributed by atoms with Gasteiger partial charge in [-0.3, -0.25) is 4.79 Å². The van der Waals surface area contributed by atoms with E-state index in [1.807, 2.05) is 30.3 Å². The van der Waals surface area contributed by atoms with Gasteiger partial charge in [0.15, 0.2) is 9.84 Å². The van der Waals surface area contributed by atoms with E-state index in [0.717, 1.165) is 18.4 Å². The van der Waals surface area contributed by atoms with Gasteiger partial charge in [0.2, 0.25) is 5.91 Å². The maximum Gasteiger partial charge on any atom is 0.224 e. The highest BCUT2D eigenvalue weighted by Gasteiger charge is 2.27. The zero-order valence-electron chi connectivity index (χ0n) is 10.8. The minimum atomic E-state index is -2.81. The van der Waals surface area contributed by atoms with Crippen LogP contribution >= 0.6 is 0 Å². The SMILES string of the molecule is O=C(Cc1ccccc1)NCCC1CCS(=O)(=O)C1. The second kappa shape index (κ2) is 6.19. The Morgan fingerprint density at radius 3 is 2.63 bits per heavy atom. The van der Waals surface area contributed by atoms with Crippen LogP contribution in [0.4, 0.5) is 0 Å². The van der Waals surface area contributed by atoms with Crippen molar-refractivity contribution in [1.29, 1.82) is 0 Å². The van der Waals surface area contributed by atoms with Crippen LogP contribution in [0.5, 0.6) is 0 Å². The van der Waals surface area contributed by atoms with E-state index >= 15 is 0 Å². The lowest BCUT2D eigenvalue weighted by Crippen LogP contribution is -2.27. The van der Waals surface area contributed by atoms with Crippen molar-refractivity contribution >= 4 is 15.7 Å². The predicted molar refractivity (Wildman–Crippen MR) is 74.5 cm³/mol. The van der Waals surface area contributed by atoms with Gasteiger partial charge in [-0.25, -0.2) is 8.42 Å². The molecule has 1 N–H and O–H groups in total. The molecule has 0 spiro atoms. The average Bonchev–Trinajstić information content (AvgIpc) is 2.70. The van der Waals surface area contributed by atoms with Crippen LogP contribution in [-0.2, 0) is 21.1 Å². The standard InChI is InChI=1S/C14H19NO3S/c16-14(10-12-4-2-1-3-5-12)15-8-6-13-7-9-19(17,18)11-13/h1-5,13H,6-11H2,(H,15,16). The van der Waals surface area contributed by atoms with Gasteiger partial charge in [-0.2, -0.15) is 0 Å². The molecule has 0 radical (unpaired) electrons. The van der Waals surface area contributed by atoms with Gasteiger partial charge in [0.1, 0.15) is 0 Å². The van der Waals surface area contributed by atoms with Crippen LogP contribution in [0.15, 0.2) is 30.3 Å². The molecule has 2 rings (SSSR count). The molecule has 0 bridgehead atoms. The minimum Gasteiger partial charge on any atom is -0.356 e. The molecule has 1 amide bonds. The predicted octanol–water partition coefficient (Wildman–Crippen LogP) is 1.17. The molecule has 19 heavy (non-hydrogen) atoms. The van der Waals surface area contributed by atoms with Crippen LogP contribution in [0.25, 0.3) is 0 Å². The Labute approximate surface area is 114 Å².